The van der Waals surface area contributed by atoms with E-state index in [-0.39, 0.29) is 31.1 Å². The van der Waals surface area contributed by atoms with Gasteiger partial charge in [0.25, 0.3) is 0 Å². The van der Waals surface area contributed by atoms with Crippen molar-refractivity contribution >= 4 is 17.9 Å². The third kappa shape index (κ3) is 52.3. The number of hydrogen-bond donors (Lipinski definition) is 0. The first kappa shape index (κ1) is 63.4. The van der Waals surface area contributed by atoms with Gasteiger partial charge in [-0.3, -0.25) is 14.4 Å². The molecule has 0 aromatic carbocycles. The largest absolute Gasteiger partial charge is 0.462 e. The number of hydrogen-bond acceptors (Lipinski definition) is 6. The molecule has 0 rings (SSSR count). The molecular weight excluding hydrogens is 817 g/mol. The Morgan fingerprint density at radius 3 is 0.894 bits per heavy atom. The molecule has 0 heterocycles. The molecule has 0 saturated heterocycles. The van der Waals surface area contributed by atoms with Gasteiger partial charge in [0.05, 0.1) is 0 Å². The van der Waals surface area contributed by atoms with Gasteiger partial charge in [0.2, 0.25) is 0 Å². The second kappa shape index (κ2) is 55.0. The number of unbranched alkanes of at least 4 members (excludes halogenated alkanes) is 33. The highest BCUT2D eigenvalue weighted by Gasteiger charge is 2.19. The highest BCUT2D eigenvalue weighted by molar-refractivity contribution is 5.71. The third-order valence-electron chi connectivity index (χ3n) is 12.5. The van der Waals surface area contributed by atoms with Gasteiger partial charge < -0.3 is 14.2 Å². The first-order valence-electron chi connectivity index (χ1n) is 28.6. The fourth-order valence-corrected chi connectivity index (χ4v) is 8.23. The minimum atomic E-state index is -0.784. The Labute approximate surface area is 409 Å². The summed E-state index contributed by atoms with van der Waals surface area (Å²) in [5.74, 6) is -0.898. The second-order valence-corrected chi connectivity index (χ2v) is 19.2. The smallest absolute Gasteiger partial charge is 0.306 e. The maximum absolute atomic E-state index is 12.8. The van der Waals surface area contributed by atoms with Crippen molar-refractivity contribution in [2.24, 2.45) is 0 Å². The van der Waals surface area contributed by atoms with Gasteiger partial charge in [0.1, 0.15) is 13.2 Å². The molecule has 1 unspecified atom stereocenters. The van der Waals surface area contributed by atoms with Gasteiger partial charge in [-0.05, 0) is 70.6 Å². The number of esters is 3. The first-order chi connectivity index (χ1) is 32.5. The highest BCUT2D eigenvalue weighted by atomic mass is 16.6. The zero-order chi connectivity index (χ0) is 47.9. The molecule has 0 bridgehead atoms. The van der Waals surface area contributed by atoms with E-state index in [1.165, 1.54) is 141 Å². The Hall–Kier alpha value is -2.63. The maximum atomic E-state index is 12.8. The number of carbonyl (C=O) groups excluding carboxylic acids is 3. The molecule has 0 N–H and O–H groups in total. The fourth-order valence-electron chi connectivity index (χ4n) is 8.23. The van der Waals surface area contributed by atoms with Crippen LogP contribution in [-0.2, 0) is 28.6 Å². The van der Waals surface area contributed by atoms with Crippen LogP contribution in [-0.4, -0.2) is 37.2 Å². The SMILES string of the molecule is CCC/C=C\C/C=C\CCCCCCCC(=O)OCC(COC(=O)CCCCCCCCCCCCCCCCCCCCCCCC)OC(=O)CCCCCCC/C=C\C/C=C\CCC. The lowest BCUT2D eigenvalue weighted by atomic mass is 10.0. The van der Waals surface area contributed by atoms with Gasteiger partial charge >= 0.3 is 17.9 Å². The molecule has 0 aliphatic heterocycles. The van der Waals surface area contributed by atoms with Crippen LogP contribution in [0.15, 0.2) is 48.6 Å². The number of rotatable bonds is 52. The van der Waals surface area contributed by atoms with Crippen LogP contribution in [0.5, 0.6) is 0 Å². The van der Waals surface area contributed by atoms with Crippen LogP contribution in [0.1, 0.15) is 297 Å². The molecule has 1 atom stereocenters. The summed E-state index contributed by atoms with van der Waals surface area (Å²) in [6, 6.07) is 0. The summed E-state index contributed by atoms with van der Waals surface area (Å²) in [6.07, 6.45) is 66.8. The molecule has 0 aromatic rings. The van der Waals surface area contributed by atoms with Crippen LogP contribution in [0.2, 0.25) is 0 Å². The van der Waals surface area contributed by atoms with Crippen LogP contribution in [0, 0.1) is 0 Å². The fraction of sp³-hybridized carbons (Fsp3) is 0.817. The van der Waals surface area contributed by atoms with Gasteiger partial charge in [-0.15, -0.1) is 0 Å². The summed E-state index contributed by atoms with van der Waals surface area (Å²) in [7, 11) is 0. The maximum Gasteiger partial charge on any atom is 0.306 e. The summed E-state index contributed by atoms with van der Waals surface area (Å²) in [5, 5.41) is 0. The first-order valence-corrected chi connectivity index (χ1v) is 28.6. The number of allylic oxidation sites excluding steroid dienone is 8. The molecule has 0 saturated carbocycles. The Balaban J connectivity index is 4.27. The molecule has 0 fully saturated rings. The number of carbonyl (C=O) groups is 3. The highest BCUT2D eigenvalue weighted by Crippen LogP contribution is 2.17. The zero-order valence-electron chi connectivity index (χ0n) is 44.0. The Morgan fingerprint density at radius 1 is 0.303 bits per heavy atom. The number of ether oxygens (including phenoxy) is 3. The van der Waals surface area contributed by atoms with Crippen molar-refractivity contribution in [1.29, 1.82) is 0 Å². The summed E-state index contributed by atoms with van der Waals surface area (Å²) >= 11 is 0. The molecule has 0 aromatic heterocycles. The van der Waals surface area contributed by atoms with Crippen molar-refractivity contribution in [2.75, 3.05) is 13.2 Å². The standard InChI is InChI=1S/C60H108O6/c1-4-7-10-13-16-19-22-25-26-27-28-29-30-31-32-33-36-38-41-44-47-50-53-59(62)65-56-57(66-60(63)54-51-48-45-42-39-35-24-21-18-15-12-9-6-3)55-64-58(61)52-49-46-43-40-37-34-23-20-17-14-11-8-5-2/h11-12,14-15,20-21,23-24,57H,4-10,13,16-19,22,25-56H2,1-3H3/b14-11-,15-12-,23-20-,24-21-. The molecule has 0 aliphatic carbocycles. The van der Waals surface area contributed by atoms with Crippen LogP contribution in [0.4, 0.5) is 0 Å². The Bertz CT molecular complexity index is 1150. The van der Waals surface area contributed by atoms with Crippen molar-refractivity contribution in [1.82, 2.24) is 0 Å². The quantitative estimate of drug-likeness (QED) is 0.0262. The average Bonchev–Trinajstić information content (AvgIpc) is 3.31. The molecule has 0 aliphatic rings. The monoisotopic (exact) mass is 925 g/mol. The average molecular weight is 926 g/mol. The molecular formula is C60H108O6. The van der Waals surface area contributed by atoms with E-state index in [1.54, 1.807) is 0 Å². The van der Waals surface area contributed by atoms with E-state index >= 15 is 0 Å². The summed E-state index contributed by atoms with van der Waals surface area (Å²) in [6.45, 7) is 6.52. The van der Waals surface area contributed by atoms with Gasteiger partial charge in [0.15, 0.2) is 6.10 Å². The van der Waals surface area contributed by atoms with Crippen molar-refractivity contribution in [3.8, 4) is 0 Å². The van der Waals surface area contributed by atoms with E-state index in [4.69, 9.17) is 14.2 Å². The van der Waals surface area contributed by atoms with Gasteiger partial charge in [0, 0.05) is 19.3 Å². The van der Waals surface area contributed by atoms with E-state index < -0.39 is 6.10 Å². The van der Waals surface area contributed by atoms with Gasteiger partial charge in [-0.25, -0.2) is 0 Å². The molecule has 6 heteroatoms. The van der Waals surface area contributed by atoms with Gasteiger partial charge in [-0.1, -0.05) is 256 Å². The second-order valence-electron chi connectivity index (χ2n) is 19.2. The molecule has 6 nitrogen and oxygen atoms in total. The van der Waals surface area contributed by atoms with Crippen LogP contribution < -0.4 is 0 Å². The molecule has 0 amide bonds. The van der Waals surface area contributed by atoms with E-state index in [1.807, 2.05) is 0 Å². The Kier molecular flexibility index (Phi) is 52.8. The normalized spacial score (nSPS) is 12.3. The van der Waals surface area contributed by atoms with Crippen molar-refractivity contribution < 1.29 is 28.6 Å². The van der Waals surface area contributed by atoms with Crippen molar-refractivity contribution in [2.45, 2.75) is 303 Å². The lowest BCUT2D eigenvalue weighted by molar-refractivity contribution is -0.167. The van der Waals surface area contributed by atoms with Crippen LogP contribution in [0.25, 0.3) is 0 Å². The van der Waals surface area contributed by atoms with E-state index in [9.17, 15) is 14.4 Å². The van der Waals surface area contributed by atoms with E-state index in [0.717, 1.165) is 116 Å². The van der Waals surface area contributed by atoms with Crippen LogP contribution >= 0.6 is 0 Å². The summed E-state index contributed by atoms with van der Waals surface area (Å²) < 4.78 is 16.8. The summed E-state index contributed by atoms with van der Waals surface area (Å²) in [5.41, 5.74) is 0. The predicted octanol–water partition coefficient (Wildman–Crippen LogP) is 19.0. The third-order valence-corrected chi connectivity index (χ3v) is 12.5. The van der Waals surface area contributed by atoms with Crippen molar-refractivity contribution in [3.63, 3.8) is 0 Å². The minimum absolute atomic E-state index is 0.0808. The predicted molar refractivity (Wildman–Crippen MR) is 284 cm³/mol. The van der Waals surface area contributed by atoms with Crippen molar-refractivity contribution in [3.05, 3.63) is 48.6 Å². The lowest BCUT2D eigenvalue weighted by Crippen LogP contribution is -2.30. The molecule has 0 radical (unpaired) electrons. The van der Waals surface area contributed by atoms with Crippen LogP contribution in [0.3, 0.4) is 0 Å². The molecule has 66 heavy (non-hydrogen) atoms. The van der Waals surface area contributed by atoms with E-state index in [2.05, 4.69) is 69.4 Å². The van der Waals surface area contributed by atoms with E-state index in [0.29, 0.717) is 19.3 Å². The summed E-state index contributed by atoms with van der Waals surface area (Å²) in [4.78, 5) is 38.1. The molecule has 384 valence electrons. The topological polar surface area (TPSA) is 78.9 Å². The zero-order valence-corrected chi connectivity index (χ0v) is 44.0. The molecule has 0 spiro atoms. The lowest BCUT2D eigenvalue weighted by Gasteiger charge is -2.18. The minimum Gasteiger partial charge on any atom is -0.462 e. The van der Waals surface area contributed by atoms with Gasteiger partial charge in [-0.2, -0.15) is 0 Å². The Morgan fingerprint density at radius 2 is 0.576 bits per heavy atom.